The normalized spacial score (nSPS) is 11.8. The molecule has 0 heterocycles. The van der Waals surface area contributed by atoms with Crippen LogP contribution in [-0.2, 0) is 15.9 Å². The van der Waals surface area contributed by atoms with Crippen molar-refractivity contribution in [3.8, 4) is 5.75 Å². The summed E-state index contributed by atoms with van der Waals surface area (Å²) < 4.78 is 55.2. The molecule has 0 aliphatic rings. The first-order valence-corrected chi connectivity index (χ1v) is 5.24. The molecule has 106 valence electrons. The highest BCUT2D eigenvalue weighted by molar-refractivity contribution is 6.35. The van der Waals surface area contributed by atoms with Crippen molar-refractivity contribution in [3.05, 3.63) is 29.6 Å². The Balaban J connectivity index is 2.79. The van der Waals surface area contributed by atoms with E-state index in [9.17, 15) is 17.6 Å². The summed E-state index contributed by atoms with van der Waals surface area (Å²) in [6, 6.07) is 2.42. The molecule has 1 aromatic carbocycles. The van der Waals surface area contributed by atoms with Crippen molar-refractivity contribution in [2.24, 2.45) is 0 Å². The molecule has 0 saturated heterocycles. The van der Waals surface area contributed by atoms with Crippen LogP contribution in [0.15, 0.2) is 18.2 Å². The Morgan fingerprint density at radius 3 is 2.42 bits per heavy atom. The summed E-state index contributed by atoms with van der Waals surface area (Å²) >= 11 is 0. The minimum Gasteiger partial charge on any atom is -0.508 e. The first-order chi connectivity index (χ1) is 8.71. The molecule has 0 aliphatic heterocycles. The second-order valence-electron chi connectivity index (χ2n) is 3.78. The molecule has 19 heavy (non-hydrogen) atoms. The van der Waals surface area contributed by atoms with E-state index in [0.29, 0.717) is 6.07 Å². The Morgan fingerprint density at radius 2 is 1.89 bits per heavy atom. The van der Waals surface area contributed by atoms with Crippen LogP contribution in [-0.4, -0.2) is 18.4 Å². The molecule has 4 nitrogen and oxygen atoms in total. The van der Waals surface area contributed by atoms with E-state index >= 15 is 0 Å². The molecule has 0 saturated carbocycles. The molecule has 0 fully saturated rings. The maximum Gasteiger partial charge on any atom is 0.739 e. The smallest absolute Gasteiger partial charge is 0.508 e. The second kappa shape index (κ2) is 6.22. The molecule has 1 aromatic rings. The predicted molar refractivity (Wildman–Crippen MR) is 57.3 cm³/mol. The van der Waals surface area contributed by atoms with Gasteiger partial charge < -0.3 is 9.68 Å². The zero-order valence-electron chi connectivity index (χ0n) is 10.1. The number of hydrogen-bond donors (Lipinski definition) is 1. The van der Waals surface area contributed by atoms with Crippen LogP contribution in [0.4, 0.5) is 17.6 Å². The second-order valence-corrected chi connectivity index (χ2v) is 3.78. The molecule has 0 radical (unpaired) electrons. The van der Waals surface area contributed by atoms with Crippen molar-refractivity contribution < 1.29 is 36.9 Å². The third-order valence-electron chi connectivity index (χ3n) is 1.83. The lowest BCUT2D eigenvalue weighted by molar-refractivity contribution is -0.258. The summed E-state index contributed by atoms with van der Waals surface area (Å²) in [5.74, 6) is -2.43. The number of alkyl halides is 3. The van der Waals surface area contributed by atoms with Gasteiger partial charge in [-0.1, -0.05) is 6.07 Å². The molecule has 0 amide bonds. The largest absolute Gasteiger partial charge is 0.739 e. The lowest BCUT2D eigenvalue weighted by atomic mass is 10.1. The van der Waals surface area contributed by atoms with Crippen LogP contribution in [0.1, 0.15) is 19.4 Å². The van der Waals surface area contributed by atoms with Crippen molar-refractivity contribution in [1.82, 2.24) is 0 Å². The van der Waals surface area contributed by atoms with E-state index in [1.807, 2.05) is 0 Å². The molecule has 0 aromatic heterocycles. The molecular formula is C10H11BF4O4. The van der Waals surface area contributed by atoms with E-state index in [0.717, 1.165) is 12.1 Å². The number of rotatable bonds is 5. The van der Waals surface area contributed by atoms with Crippen LogP contribution in [0, 0.1) is 5.82 Å². The molecule has 0 spiro atoms. The zero-order chi connectivity index (χ0) is 14.6. The summed E-state index contributed by atoms with van der Waals surface area (Å²) in [5, 5.41) is 9.15. The Kier molecular flexibility index (Phi) is 5.15. The number of benzene rings is 1. The fourth-order valence-corrected chi connectivity index (χ4v) is 1.11. The van der Waals surface area contributed by atoms with E-state index < -0.39 is 36.7 Å². The van der Waals surface area contributed by atoms with Crippen molar-refractivity contribution >= 4 is 7.32 Å². The first kappa shape index (κ1) is 15.7. The fraction of sp³-hybridized carbons (Fsp3) is 0.400. The Morgan fingerprint density at radius 1 is 1.26 bits per heavy atom. The van der Waals surface area contributed by atoms with Gasteiger partial charge in [0.25, 0.3) is 0 Å². The molecule has 0 aliphatic carbocycles. The van der Waals surface area contributed by atoms with Crippen LogP contribution in [0.25, 0.3) is 0 Å². The highest BCUT2D eigenvalue weighted by atomic mass is 19.4. The number of hydrogen-bond acceptors (Lipinski definition) is 4. The summed E-state index contributed by atoms with van der Waals surface area (Å²) in [4.78, 5) is 8.77. The van der Waals surface area contributed by atoms with Crippen molar-refractivity contribution in [3.63, 3.8) is 0 Å². The minimum absolute atomic E-state index is 0.412. The van der Waals surface area contributed by atoms with Gasteiger partial charge in [-0.3, -0.25) is 0 Å². The minimum atomic E-state index is -4.86. The quantitative estimate of drug-likeness (QED) is 0.390. The first-order valence-electron chi connectivity index (χ1n) is 5.24. The van der Waals surface area contributed by atoms with Crippen LogP contribution in [0.2, 0.25) is 0 Å². The van der Waals surface area contributed by atoms with Crippen molar-refractivity contribution in [1.29, 1.82) is 0 Å². The van der Waals surface area contributed by atoms with E-state index in [-0.39, 0.29) is 0 Å². The Labute approximate surface area is 107 Å². The molecule has 0 bridgehead atoms. The van der Waals surface area contributed by atoms with Gasteiger partial charge in [0, 0.05) is 0 Å². The Bertz CT molecular complexity index is 424. The SMILES string of the molecule is CC(C)OOB(O)Oc1cccc(C(F)(F)F)c1F. The Hall–Kier alpha value is -1.32. The van der Waals surface area contributed by atoms with Crippen LogP contribution in [0.5, 0.6) is 5.75 Å². The van der Waals surface area contributed by atoms with Crippen molar-refractivity contribution in [2.45, 2.75) is 26.1 Å². The van der Waals surface area contributed by atoms with Crippen LogP contribution >= 0.6 is 0 Å². The average Bonchev–Trinajstić information content (AvgIpc) is 2.27. The average molecular weight is 282 g/mol. The van der Waals surface area contributed by atoms with Gasteiger partial charge in [0.15, 0.2) is 5.82 Å². The number of halogens is 4. The third kappa shape index (κ3) is 4.69. The maximum absolute atomic E-state index is 13.5. The van der Waals surface area contributed by atoms with Crippen LogP contribution in [0.3, 0.4) is 0 Å². The van der Waals surface area contributed by atoms with Gasteiger partial charge in [-0.15, -0.1) is 0 Å². The van der Waals surface area contributed by atoms with Gasteiger partial charge in [0.1, 0.15) is 5.75 Å². The topological polar surface area (TPSA) is 47.9 Å². The van der Waals surface area contributed by atoms with E-state index in [1.54, 1.807) is 13.8 Å². The van der Waals surface area contributed by atoms with Gasteiger partial charge in [0.2, 0.25) is 0 Å². The zero-order valence-corrected chi connectivity index (χ0v) is 10.1. The predicted octanol–water partition coefficient (Wildman–Crippen LogP) is 2.56. The fourth-order valence-electron chi connectivity index (χ4n) is 1.11. The molecule has 0 unspecified atom stereocenters. The van der Waals surface area contributed by atoms with Crippen molar-refractivity contribution in [2.75, 3.05) is 0 Å². The summed E-state index contributed by atoms with van der Waals surface area (Å²) in [6.45, 7) is 3.16. The molecule has 9 heteroatoms. The molecular weight excluding hydrogens is 271 g/mol. The van der Waals surface area contributed by atoms with Gasteiger partial charge in [-0.05, 0) is 26.0 Å². The van der Waals surface area contributed by atoms with Crippen LogP contribution < -0.4 is 4.65 Å². The molecule has 0 atom stereocenters. The standard InChI is InChI=1S/C10H11BF4O4/c1-6(2)18-19-11(16)17-8-5-3-4-7(9(8)12)10(13,14)15/h3-6,16H,1-2H3. The highest BCUT2D eigenvalue weighted by Crippen LogP contribution is 2.34. The van der Waals surface area contributed by atoms with Gasteiger partial charge in [0.05, 0.1) is 11.7 Å². The lowest BCUT2D eigenvalue weighted by Crippen LogP contribution is -2.28. The summed E-state index contributed by atoms with van der Waals surface area (Å²) in [5.41, 5.74) is -1.50. The van der Waals surface area contributed by atoms with E-state index in [2.05, 4.69) is 14.3 Å². The van der Waals surface area contributed by atoms with E-state index in [1.165, 1.54) is 0 Å². The summed E-state index contributed by atoms with van der Waals surface area (Å²) in [6.07, 6.45) is -5.27. The highest BCUT2D eigenvalue weighted by Gasteiger charge is 2.36. The monoisotopic (exact) mass is 282 g/mol. The third-order valence-corrected chi connectivity index (χ3v) is 1.83. The summed E-state index contributed by atoms with van der Waals surface area (Å²) in [7, 11) is -2.04. The maximum atomic E-state index is 13.5. The van der Waals surface area contributed by atoms with Gasteiger partial charge in [-0.25, -0.2) is 14.1 Å². The van der Waals surface area contributed by atoms with E-state index in [4.69, 9.17) is 5.02 Å². The molecule has 1 N–H and O–H groups in total. The van der Waals surface area contributed by atoms with Gasteiger partial charge >= 0.3 is 13.5 Å². The van der Waals surface area contributed by atoms with Gasteiger partial charge in [-0.2, -0.15) is 13.2 Å². The lowest BCUT2D eigenvalue weighted by Gasteiger charge is -2.14. The molecule has 1 rings (SSSR count).